The van der Waals surface area contributed by atoms with Crippen LogP contribution in [0, 0.1) is 0 Å². The summed E-state index contributed by atoms with van der Waals surface area (Å²) in [6.45, 7) is 0.221. The molecule has 0 spiro atoms. The number of anilines is 1. The van der Waals surface area contributed by atoms with Gasteiger partial charge in [0.2, 0.25) is 17.6 Å². The van der Waals surface area contributed by atoms with Crippen molar-refractivity contribution in [2.24, 2.45) is 5.73 Å². The van der Waals surface area contributed by atoms with Gasteiger partial charge in [0.05, 0.1) is 13.0 Å². The number of amides is 1. The molecule has 92 valence electrons. The van der Waals surface area contributed by atoms with Crippen LogP contribution in [-0.2, 0) is 17.8 Å². The summed E-state index contributed by atoms with van der Waals surface area (Å²) < 4.78 is 4.97. The average Bonchev–Trinajstić information content (AvgIpc) is 2.95. The minimum Gasteiger partial charge on any atom is -0.338 e. The fourth-order valence-electron chi connectivity index (χ4n) is 2.06. The second-order valence-electron chi connectivity index (χ2n) is 4.19. The van der Waals surface area contributed by atoms with E-state index in [-0.39, 0.29) is 12.5 Å². The largest absolute Gasteiger partial charge is 0.338 e. The second-order valence-corrected chi connectivity index (χ2v) is 4.19. The van der Waals surface area contributed by atoms with Crippen molar-refractivity contribution in [2.75, 3.05) is 11.9 Å². The lowest BCUT2D eigenvalue weighted by atomic mass is 10.1. The number of carbonyl (C=O) groups excluding carboxylic acids is 1. The van der Waals surface area contributed by atoms with Gasteiger partial charge in [-0.15, -0.1) is 0 Å². The molecule has 6 heteroatoms. The zero-order valence-corrected chi connectivity index (χ0v) is 9.88. The first-order valence-corrected chi connectivity index (χ1v) is 5.61. The van der Waals surface area contributed by atoms with Crippen LogP contribution in [0.5, 0.6) is 0 Å². The van der Waals surface area contributed by atoms with E-state index < -0.39 is 0 Å². The number of benzene rings is 1. The van der Waals surface area contributed by atoms with Gasteiger partial charge in [-0.2, -0.15) is 4.98 Å². The maximum atomic E-state index is 11.6. The number of hydrogen-bond donors (Lipinski definition) is 1. The van der Waals surface area contributed by atoms with E-state index in [1.54, 1.807) is 11.9 Å². The Morgan fingerprint density at radius 3 is 3.06 bits per heavy atom. The molecule has 3 rings (SSSR count). The summed E-state index contributed by atoms with van der Waals surface area (Å²) >= 11 is 0. The third-order valence-corrected chi connectivity index (χ3v) is 3.06. The van der Waals surface area contributed by atoms with Gasteiger partial charge in [-0.1, -0.05) is 5.16 Å². The highest BCUT2D eigenvalue weighted by Crippen LogP contribution is 2.30. The van der Waals surface area contributed by atoms with Crippen LogP contribution in [-0.4, -0.2) is 23.1 Å². The van der Waals surface area contributed by atoms with Crippen LogP contribution in [0.3, 0.4) is 0 Å². The molecule has 0 unspecified atom stereocenters. The number of hydrogen-bond acceptors (Lipinski definition) is 5. The highest BCUT2D eigenvalue weighted by atomic mass is 16.5. The van der Waals surface area contributed by atoms with Crippen molar-refractivity contribution in [3.63, 3.8) is 0 Å². The standard InChI is InChI=1S/C12H12N4O2/c1-16-9-3-2-7(4-8(9)5-11(16)17)12-14-10(6-13)18-15-12/h2-4H,5-6,13H2,1H3. The lowest BCUT2D eigenvalue weighted by Gasteiger charge is -2.09. The Morgan fingerprint density at radius 2 is 2.33 bits per heavy atom. The molecule has 0 aliphatic carbocycles. The first-order valence-electron chi connectivity index (χ1n) is 5.61. The normalized spacial score (nSPS) is 14.1. The molecule has 0 radical (unpaired) electrons. The van der Waals surface area contributed by atoms with Crippen molar-refractivity contribution < 1.29 is 9.32 Å². The maximum absolute atomic E-state index is 11.6. The van der Waals surface area contributed by atoms with Gasteiger partial charge in [0.25, 0.3) is 0 Å². The van der Waals surface area contributed by atoms with Gasteiger partial charge < -0.3 is 15.2 Å². The van der Waals surface area contributed by atoms with E-state index in [0.29, 0.717) is 18.1 Å². The molecule has 2 heterocycles. The molecule has 18 heavy (non-hydrogen) atoms. The van der Waals surface area contributed by atoms with Gasteiger partial charge in [-0.05, 0) is 23.8 Å². The first-order chi connectivity index (χ1) is 8.69. The smallest absolute Gasteiger partial charge is 0.240 e. The third-order valence-electron chi connectivity index (χ3n) is 3.06. The minimum atomic E-state index is 0.0953. The van der Waals surface area contributed by atoms with E-state index in [2.05, 4.69) is 10.1 Å². The number of carbonyl (C=O) groups is 1. The van der Waals surface area contributed by atoms with Crippen molar-refractivity contribution in [2.45, 2.75) is 13.0 Å². The van der Waals surface area contributed by atoms with Crippen LogP contribution >= 0.6 is 0 Å². The zero-order chi connectivity index (χ0) is 12.7. The van der Waals surface area contributed by atoms with Crippen molar-refractivity contribution in [3.05, 3.63) is 29.7 Å². The number of likely N-dealkylation sites (N-methyl/N-ethyl adjacent to an activating group) is 1. The van der Waals surface area contributed by atoms with Crippen LogP contribution in [0.25, 0.3) is 11.4 Å². The SMILES string of the molecule is CN1C(=O)Cc2cc(-c3noc(CN)n3)ccc21. The lowest BCUT2D eigenvalue weighted by Crippen LogP contribution is -2.20. The predicted octanol–water partition coefficient (Wildman–Crippen LogP) is 0.714. The quantitative estimate of drug-likeness (QED) is 0.841. The molecular formula is C12H12N4O2. The van der Waals surface area contributed by atoms with Crippen LogP contribution in [0.1, 0.15) is 11.5 Å². The summed E-state index contributed by atoms with van der Waals surface area (Å²) in [7, 11) is 1.77. The molecule has 1 aliphatic rings. The number of fused-ring (bicyclic) bond motifs is 1. The molecule has 0 saturated heterocycles. The number of rotatable bonds is 2. The number of aromatic nitrogens is 2. The van der Waals surface area contributed by atoms with E-state index in [9.17, 15) is 4.79 Å². The Morgan fingerprint density at radius 1 is 1.50 bits per heavy atom. The minimum absolute atomic E-state index is 0.0953. The summed E-state index contributed by atoms with van der Waals surface area (Å²) in [6, 6.07) is 5.69. The summed E-state index contributed by atoms with van der Waals surface area (Å²) in [5.41, 5.74) is 8.18. The van der Waals surface area contributed by atoms with E-state index in [0.717, 1.165) is 16.8 Å². The predicted molar refractivity (Wildman–Crippen MR) is 64.7 cm³/mol. The van der Waals surface area contributed by atoms with Crippen molar-refractivity contribution in [1.29, 1.82) is 0 Å². The molecule has 1 amide bonds. The van der Waals surface area contributed by atoms with E-state index >= 15 is 0 Å². The molecular weight excluding hydrogens is 232 g/mol. The monoisotopic (exact) mass is 244 g/mol. The Balaban J connectivity index is 2.01. The highest BCUT2D eigenvalue weighted by molar-refractivity contribution is 6.01. The molecule has 0 fully saturated rings. The van der Waals surface area contributed by atoms with Crippen molar-refractivity contribution >= 4 is 11.6 Å². The molecule has 0 bridgehead atoms. The summed E-state index contributed by atoms with van der Waals surface area (Å²) in [6.07, 6.45) is 0.418. The van der Waals surface area contributed by atoms with Crippen LogP contribution in [0.2, 0.25) is 0 Å². The Kier molecular flexibility index (Phi) is 2.38. The van der Waals surface area contributed by atoms with Gasteiger partial charge in [-0.3, -0.25) is 4.79 Å². The van der Waals surface area contributed by atoms with Gasteiger partial charge in [0.1, 0.15) is 0 Å². The van der Waals surface area contributed by atoms with Gasteiger partial charge >= 0.3 is 0 Å². The van der Waals surface area contributed by atoms with E-state index in [1.807, 2.05) is 18.2 Å². The maximum Gasteiger partial charge on any atom is 0.240 e. The molecule has 2 aromatic rings. The molecule has 1 aliphatic heterocycles. The van der Waals surface area contributed by atoms with Crippen LogP contribution < -0.4 is 10.6 Å². The van der Waals surface area contributed by atoms with Crippen molar-refractivity contribution in [3.8, 4) is 11.4 Å². The van der Waals surface area contributed by atoms with Crippen molar-refractivity contribution in [1.82, 2.24) is 10.1 Å². The molecule has 6 nitrogen and oxygen atoms in total. The van der Waals surface area contributed by atoms with E-state index in [1.165, 1.54) is 0 Å². The lowest BCUT2D eigenvalue weighted by molar-refractivity contribution is -0.117. The summed E-state index contributed by atoms with van der Waals surface area (Å²) in [5, 5.41) is 3.86. The summed E-state index contributed by atoms with van der Waals surface area (Å²) in [5.74, 6) is 0.997. The summed E-state index contributed by atoms with van der Waals surface area (Å²) in [4.78, 5) is 17.4. The fourth-order valence-corrected chi connectivity index (χ4v) is 2.06. The van der Waals surface area contributed by atoms with Gasteiger partial charge in [0.15, 0.2) is 0 Å². The topological polar surface area (TPSA) is 85.2 Å². The zero-order valence-electron chi connectivity index (χ0n) is 9.88. The Hall–Kier alpha value is -2.21. The fraction of sp³-hybridized carbons (Fsp3) is 0.250. The van der Waals surface area contributed by atoms with Crippen LogP contribution in [0.4, 0.5) is 5.69 Å². The molecule has 2 N–H and O–H groups in total. The molecule has 1 aromatic heterocycles. The molecule has 1 aromatic carbocycles. The average molecular weight is 244 g/mol. The van der Waals surface area contributed by atoms with Gasteiger partial charge in [-0.25, -0.2) is 0 Å². The third kappa shape index (κ3) is 1.58. The second kappa shape index (κ2) is 3.92. The van der Waals surface area contributed by atoms with Crippen LogP contribution in [0.15, 0.2) is 22.7 Å². The Labute approximate surface area is 103 Å². The molecule has 0 atom stereocenters. The van der Waals surface area contributed by atoms with Gasteiger partial charge in [0, 0.05) is 18.3 Å². The number of nitrogens with two attached hydrogens (primary N) is 1. The first kappa shape index (κ1) is 10.9. The van der Waals surface area contributed by atoms with E-state index in [4.69, 9.17) is 10.3 Å². The molecule has 0 saturated carbocycles. The highest BCUT2D eigenvalue weighted by Gasteiger charge is 2.24. The number of nitrogens with zero attached hydrogens (tertiary/aromatic N) is 3. The Bertz CT molecular complexity index is 620.